The van der Waals surface area contributed by atoms with Gasteiger partial charge in [-0.15, -0.1) is 0 Å². The predicted molar refractivity (Wildman–Crippen MR) is 66.9 cm³/mol. The number of piperazine rings is 1. The summed E-state index contributed by atoms with van der Waals surface area (Å²) in [5.41, 5.74) is 0. The van der Waals surface area contributed by atoms with Gasteiger partial charge in [-0.2, -0.15) is 4.31 Å². The van der Waals surface area contributed by atoms with E-state index in [9.17, 15) is 8.42 Å². The quantitative estimate of drug-likeness (QED) is 0.791. The second kappa shape index (κ2) is 5.98. The maximum absolute atomic E-state index is 12.0. The van der Waals surface area contributed by atoms with E-state index in [1.54, 1.807) is 4.31 Å². The summed E-state index contributed by atoms with van der Waals surface area (Å²) in [6, 6.07) is 0.296. The van der Waals surface area contributed by atoms with Crippen molar-refractivity contribution in [1.29, 1.82) is 0 Å². The van der Waals surface area contributed by atoms with Crippen LogP contribution in [0.5, 0.6) is 0 Å². The third kappa shape index (κ3) is 3.71. The molecule has 0 aromatic rings. The van der Waals surface area contributed by atoms with Crippen molar-refractivity contribution in [3.63, 3.8) is 0 Å². The lowest BCUT2D eigenvalue weighted by Crippen LogP contribution is -2.54. The van der Waals surface area contributed by atoms with Crippen LogP contribution in [-0.4, -0.2) is 44.2 Å². The van der Waals surface area contributed by atoms with E-state index in [0.717, 1.165) is 19.4 Å². The molecule has 1 atom stereocenters. The van der Waals surface area contributed by atoms with Gasteiger partial charge in [0.25, 0.3) is 0 Å². The Balaban J connectivity index is 2.59. The van der Waals surface area contributed by atoms with Crippen LogP contribution in [0.25, 0.3) is 0 Å². The van der Waals surface area contributed by atoms with Crippen molar-refractivity contribution in [2.75, 3.05) is 25.4 Å². The molecular weight excluding hydrogens is 224 g/mol. The lowest BCUT2D eigenvalue weighted by atomic mass is 10.0. The standard InChI is InChI=1S/C11H24N2O2S/c1-4-5-8-16(14,15)13-7-6-12-11(9-13)10(2)3/h10-12H,4-9H2,1-3H3. The zero-order valence-electron chi connectivity index (χ0n) is 10.6. The zero-order chi connectivity index (χ0) is 12.2. The molecule has 1 rings (SSSR count). The number of nitrogens with one attached hydrogen (secondary N) is 1. The first kappa shape index (κ1) is 13.9. The van der Waals surface area contributed by atoms with Crippen molar-refractivity contribution >= 4 is 10.0 Å². The highest BCUT2D eigenvalue weighted by molar-refractivity contribution is 7.89. The second-order valence-electron chi connectivity index (χ2n) is 4.83. The molecule has 5 heteroatoms. The van der Waals surface area contributed by atoms with Crippen LogP contribution >= 0.6 is 0 Å². The molecule has 1 heterocycles. The molecule has 0 saturated carbocycles. The van der Waals surface area contributed by atoms with Gasteiger partial charge in [-0.1, -0.05) is 27.2 Å². The lowest BCUT2D eigenvalue weighted by Gasteiger charge is -2.34. The van der Waals surface area contributed by atoms with E-state index < -0.39 is 10.0 Å². The van der Waals surface area contributed by atoms with Crippen LogP contribution in [0.1, 0.15) is 33.6 Å². The minimum atomic E-state index is -3.02. The van der Waals surface area contributed by atoms with Crippen LogP contribution in [0, 0.1) is 5.92 Å². The molecule has 1 saturated heterocycles. The van der Waals surface area contributed by atoms with Gasteiger partial charge in [-0.05, 0) is 12.3 Å². The van der Waals surface area contributed by atoms with Crippen LogP contribution in [0.2, 0.25) is 0 Å². The monoisotopic (exact) mass is 248 g/mol. The Morgan fingerprint density at radius 1 is 1.44 bits per heavy atom. The van der Waals surface area contributed by atoms with E-state index in [4.69, 9.17) is 0 Å². The average molecular weight is 248 g/mol. The normalized spacial score (nSPS) is 23.9. The highest BCUT2D eigenvalue weighted by Crippen LogP contribution is 2.13. The van der Waals surface area contributed by atoms with E-state index in [0.29, 0.717) is 30.8 Å². The SMILES string of the molecule is CCCCS(=O)(=O)N1CCNC(C(C)C)C1. The highest BCUT2D eigenvalue weighted by atomic mass is 32.2. The van der Waals surface area contributed by atoms with E-state index in [-0.39, 0.29) is 0 Å². The molecule has 96 valence electrons. The van der Waals surface area contributed by atoms with E-state index >= 15 is 0 Å². The highest BCUT2D eigenvalue weighted by Gasteiger charge is 2.29. The van der Waals surface area contributed by atoms with Gasteiger partial charge in [0.05, 0.1) is 5.75 Å². The molecule has 1 fully saturated rings. The summed E-state index contributed by atoms with van der Waals surface area (Å²) >= 11 is 0. The fourth-order valence-electron chi connectivity index (χ4n) is 1.90. The van der Waals surface area contributed by atoms with Gasteiger partial charge in [-0.25, -0.2) is 8.42 Å². The van der Waals surface area contributed by atoms with Crippen LogP contribution in [0.4, 0.5) is 0 Å². The van der Waals surface area contributed by atoms with E-state index in [1.807, 2.05) is 6.92 Å². The molecule has 0 aliphatic carbocycles. The Morgan fingerprint density at radius 3 is 2.69 bits per heavy atom. The van der Waals surface area contributed by atoms with Crippen LogP contribution in [-0.2, 0) is 10.0 Å². The fourth-order valence-corrected chi connectivity index (χ4v) is 3.57. The van der Waals surface area contributed by atoms with Gasteiger partial charge in [0, 0.05) is 25.7 Å². The van der Waals surface area contributed by atoms with Crippen molar-refractivity contribution in [2.24, 2.45) is 5.92 Å². The van der Waals surface area contributed by atoms with Gasteiger partial charge in [0.15, 0.2) is 0 Å². The van der Waals surface area contributed by atoms with Crippen LogP contribution in [0.15, 0.2) is 0 Å². The Labute approximate surface area is 99.5 Å². The molecule has 1 unspecified atom stereocenters. The third-order valence-corrected chi connectivity index (χ3v) is 5.05. The number of unbranched alkanes of at least 4 members (excludes halogenated alkanes) is 1. The summed E-state index contributed by atoms with van der Waals surface area (Å²) in [5.74, 6) is 0.776. The van der Waals surface area contributed by atoms with Crippen molar-refractivity contribution in [3.8, 4) is 0 Å². The number of nitrogens with zero attached hydrogens (tertiary/aromatic N) is 1. The van der Waals surface area contributed by atoms with E-state index in [2.05, 4.69) is 19.2 Å². The first-order chi connectivity index (χ1) is 7.47. The first-order valence-corrected chi connectivity index (χ1v) is 7.79. The first-order valence-electron chi connectivity index (χ1n) is 6.18. The van der Waals surface area contributed by atoms with E-state index in [1.165, 1.54) is 0 Å². The Hall–Kier alpha value is -0.130. The van der Waals surface area contributed by atoms with Crippen LogP contribution < -0.4 is 5.32 Å². The summed E-state index contributed by atoms with van der Waals surface area (Å²) in [6.45, 7) is 8.29. The van der Waals surface area contributed by atoms with Crippen molar-refractivity contribution in [3.05, 3.63) is 0 Å². The Kier molecular flexibility index (Phi) is 5.21. The molecule has 0 aromatic heterocycles. The molecule has 1 aliphatic heterocycles. The van der Waals surface area contributed by atoms with Crippen molar-refractivity contribution < 1.29 is 8.42 Å². The predicted octanol–water partition coefficient (Wildman–Crippen LogP) is 1.05. The summed E-state index contributed by atoms with van der Waals surface area (Å²) in [4.78, 5) is 0. The molecule has 0 bridgehead atoms. The maximum Gasteiger partial charge on any atom is 0.214 e. The van der Waals surface area contributed by atoms with Gasteiger partial charge >= 0.3 is 0 Å². The molecular formula is C11H24N2O2S. The molecule has 0 spiro atoms. The number of hydrogen-bond donors (Lipinski definition) is 1. The average Bonchev–Trinajstić information content (AvgIpc) is 2.26. The summed E-state index contributed by atoms with van der Waals surface area (Å²) < 4.78 is 25.7. The molecule has 1 N–H and O–H groups in total. The molecule has 4 nitrogen and oxygen atoms in total. The topological polar surface area (TPSA) is 49.4 Å². The van der Waals surface area contributed by atoms with Gasteiger partial charge in [-0.3, -0.25) is 0 Å². The Morgan fingerprint density at radius 2 is 2.12 bits per heavy atom. The molecule has 16 heavy (non-hydrogen) atoms. The molecule has 1 aliphatic rings. The zero-order valence-corrected chi connectivity index (χ0v) is 11.4. The summed E-state index contributed by atoms with van der Waals surface area (Å²) in [5, 5.41) is 3.37. The number of rotatable bonds is 5. The summed E-state index contributed by atoms with van der Waals surface area (Å²) in [7, 11) is -3.02. The van der Waals surface area contributed by atoms with Gasteiger partial charge in [0.2, 0.25) is 10.0 Å². The third-order valence-electron chi connectivity index (χ3n) is 3.12. The van der Waals surface area contributed by atoms with Gasteiger partial charge in [0.1, 0.15) is 0 Å². The summed E-state index contributed by atoms with van der Waals surface area (Å²) in [6.07, 6.45) is 1.69. The lowest BCUT2D eigenvalue weighted by molar-refractivity contribution is 0.256. The maximum atomic E-state index is 12.0. The minimum absolute atomic E-state index is 0.296. The van der Waals surface area contributed by atoms with Gasteiger partial charge < -0.3 is 5.32 Å². The molecule has 0 radical (unpaired) electrons. The van der Waals surface area contributed by atoms with Crippen molar-refractivity contribution in [2.45, 2.75) is 39.7 Å². The fraction of sp³-hybridized carbons (Fsp3) is 1.00. The minimum Gasteiger partial charge on any atom is -0.311 e. The smallest absolute Gasteiger partial charge is 0.214 e. The Bertz CT molecular complexity index is 301. The number of sulfonamides is 1. The second-order valence-corrected chi connectivity index (χ2v) is 6.92. The molecule has 0 aromatic carbocycles. The largest absolute Gasteiger partial charge is 0.311 e. The van der Waals surface area contributed by atoms with Crippen LogP contribution in [0.3, 0.4) is 0 Å². The number of hydrogen-bond acceptors (Lipinski definition) is 3. The molecule has 0 amide bonds. The van der Waals surface area contributed by atoms with Crippen molar-refractivity contribution in [1.82, 2.24) is 9.62 Å².